The van der Waals surface area contributed by atoms with Gasteiger partial charge in [-0.25, -0.2) is 0 Å². The standard InChI is InChI=1S/C19H25NO4/c1-2-24-19(10-6-7-11-19)18(23)20-12-15(16(13-20)17(21)22)14-8-4-3-5-9-14/h3-5,8-9,15-16H,2,6-7,10-13H2,1H3,(H,21,22). The first-order valence-electron chi connectivity index (χ1n) is 8.78. The Kier molecular flexibility index (Phi) is 4.90. The Balaban J connectivity index is 1.82. The Labute approximate surface area is 142 Å². The molecular formula is C19H25NO4. The summed E-state index contributed by atoms with van der Waals surface area (Å²) in [6, 6.07) is 9.64. The average molecular weight is 331 g/mol. The lowest BCUT2D eigenvalue weighted by Gasteiger charge is -2.32. The van der Waals surface area contributed by atoms with Crippen LogP contribution in [0.15, 0.2) is 30.3 Å². The van der Waals surface area contributed by atoms with Gasteiger partial charge in [-0.2, -0.15) is 0 Å². The Morgan fingerprint density at radius 1 is 1.21 bits per heavy atom. The van der Waals surface area contributed by atoms with E-state index >= 15 is 0 Å². The van der Waals surface area contributed by atoms with Crippen molar-refractivity contribution in [1.29, 1.82) is 0 Å². The molecule has 1 aliphatic heterocycles. The number of carbonyl (C=O) groups is 2. The lowest BCUT2D eigenvalue weighted by Crippen LogP contribution is -2.48. The molecule has 0 spiro atoms. The van der Waals surface area contributed by atoms with E-state index in [2.05, 4.69) is 0 Å². The van der Waals surface area contributed by atoms with Crippen LogP contribution in [-0.2, 0) is 14.3 Å². The van der Waals surface area contributed by atoms with Gasteiger partial charge in [0.25, 0.3) is 5.91 Å². The number of carbonyl (C=O) groups excluding carboxylic acids is 1. The van der Waals surface area contributed by atoms with E-state index in [1.54, 1.807) is 4.90 Å². The molecule has 130 valence electrons. The first-order chi connectivity index (χ1) is 11.6. The van der Waals surface area contributed by atoms with Crippen LogP contribution in [0.4, 0.5) is 0 Å². The zero-order valence-electron chi connectivity index (χ0n) is 14.1. The van der Waals surface area contributed by atoms with Crippen LogP contribution in [0.5, 0.6) is 0 Å². The normalized spacial score (nSPS) is 25.8. The molecule has 0 aromatic heterocycles. The summed E-state index contributed by atoms with van der Waals surface area (Å²) in [7, 11) is 0. The van der Waals surface area contributed by atoms with Crippen LogP contribution in [0.1, 0.15) is 44.1 Å². The summed E-state index contributed by atoms with van der Waals surface area (Å²) in [6.07, 6.45) is 3.46. The maximum Gasteiger partial charge on any atom is 0.308 e. The molecule has 24 heavy (non-hydrogen) atoms. The molecule has 1 amide bonds. The molecule has 5 nitrogen and oxygen atoms in total. The van der Waals surface area contributed by atoms with Crippen LogP contribution in [0.2, 0.25) is 0 Å². The average Bonchev–Trinajstić information content (AvgIpc) is 3.23. The zero-order chi connectivity index (χ0) is 17.2. The number of likely N-dealkylation sites (tertiary alicyclic amines) is 1. The van der Waals surface area contributed by atoms with E-state index < -0.39 is 17.5 Å². The second kappa shape index (κ2) is 6.93. The summed E-state index contributed by atoms with van der Waals surface area (Å²) in [5.41, 5.74) is 0.251. The van der Waals surface area contributed by atoms with Crippen molar-refractivity contribution in [2.45, 2.75) is 44.1 Å². The van der Waals surface area contributed by atoms with Gasteiger partial charge in [-0.1, -0.05) is 30.3 Å². The maximum absolute atomic E-state index is 13.1. The van der Waals surface area contributed by atoms with Crippen LogP contribution in [0.25, 0.3) is 0 Å². The topological polar surface area (TPSA) is 66.8 Å². The number of benzene rings is 1. The molecule has 1 saturated carbocycles. The number of ether oxygens (including phenoxy) is 1. The van der Waals surface area contributed by atoms with Crippen molar-refractivity contribution in [3.8, 4) is 0 Å². The predicted octanol–water partition coefficient (Wildman–Crippen LogP) is 2.66. The van der Waals surface area contributed by atoms with Crippen molar-refractivity contribution >= 4 is 11.9 Å². The third kappa shape index (κ3) is 3.05. The molecule has 2 unspecified atom stereocenters. The molecule has 1 aromatic carbocycles. The molecule has 2 atom stereocenters. The van der Waals surface area contributed by atoms with E-state index in [4.69, 9.17) is 4.74 Å². The van der Waals surface area contributed by atoms with Crippen molar-refractivity contribution < 1.29 is 19.4 Å². The molecule has 0 radical (unpaired) electrons. The van der Waals surface area contributed by atoms with Crippen LogP contribution < -0.4 is 0 Å². The molecule has 1 heterocycles. The third-order valence-corrected chi connectivity index (χ3v) is 5.37. The molecule has 1 saturated heterocycles. The van der Waals surface area contributed by atoms with Crippen molar-refractivity contribution in [1.82, 2.24) is 4.90 Å². The van der Waals surface area contributed by atoms with Gasteiger partial charge >= 0.3 is 5.97 Å². The highest BCUT2D eigenvalue weighted by Crippen LogP contribution is 2.39. The number of rotatable bonds is 5. The van der Waals surface area contributed by atoms with Crippen LogP contribution in [0, 0.1) is 5.92 Å². The lowest BCUT2D eigenvalue weighted by molar-refractivity contribution is -0.156. The summed E-state index contributed by atoms with van der Waals surface area (Å²) in [5.74, 6) is -1.58. The molecule has 2 fully saturated rings. The van der Waals surface area contributed by atoms with E-state index in [0.717, 1.165) is 31.2 Å². The van der Waals surface area contributed by atoms with E-state index in [1.807, 2.05) is 37.3 Å². The van der Waals surface area contributed by atoms with Gasteiger partial charge in [-0.15, -0.1) is 0 Å². The SMILES string of the molecule is CCOC1(C(=O)N2CC(C(=O)O)C(c3ccccc3)C2)CCCC1. The van der Waals surface area contributed by atoms with Gasteiger partial charge in [-0.3, -0.25) is 9.59 Å². The fourth-order valence-electron chi connectivity index (χ4n) is 4.19. The largest absolute Gasteiger partial charge is 0.481 e. The summed E-state index contributed by atoms with van der Waals surface area (Å²) >= 11 is 0. The van der Waals surface area contributed by atoms with Crippen molar-refractivity contribution in [3.05, 3.63) is 35.9 Å². The van der Waals surface area contributed by atoms with E-state index in [0.29, 0.717) is 13.2 Å². The molecule has 2 aliphatic rings. The molecule has 1 aliphatic carbocycles. The van der Waals surface area contributed by atoms with Crippen molar-refractivity contribution in [2.75, 3.05) is 19.7 Å². The molecular weight excluding hydrogens is 306 g/mol. The highest BCUT2D eigenvalue weighted by atomic mass is 16.5. The summed E-state index contributed by atoms with van der Waals surface area (Å²) in [4.78, 5) is 26.5. The summed E-state index contributed by atoms with van der Waals surface area (Å²) in [6.45, 7) is 3.13. The monoisotopic (exact) mass is 331 g/mol. The number of carboxylic acid groups (broad SMARTS) is 1. The highest BCUT2D eigenvalue weighted by Gasteiger charge is 2.49. The number of aliphatic carboxylic acids is 1. The van der Waals surface area contributed by atoms with Gasteiger partial charge in [0.15, 0.2) is 0 Å². The van der Waals surface area contributed by atoms with E-state index in [9.17, 15) is 14.7 Å². The first kappa shape index (κ1) is 17.0. The van der Waals surface area contributed by atoms with E-state index in [-0.39, 0.29) is 18.4 Å². The highest BCUT2D eigenvalue weighted by molar-refractivity contribution is 5.87. The summed E-state index contributed by atoms with van der Waals surface area (Å²) in [5, 5.41) is 9.61. The summed E-state index contributed by atoms with van der Waals surface area (Å²) < 4.78 is 5.86. The second-order valence-electron chi connectivity index (χ2n) is 6.81. The minimum atomic E-state index is -0.837. The number of nitrogens with zero attached hydrogens (tertiary/aromatic N) is 1. The van der Waals surface area contributed by atoms with Gasteiger partial charge in [-0.05, 0) is 38.2 Å². The van der Waals surface area contributed by atoms with Crippen LogP contribution in [-0.4, -0.2) is 47.2 Å². The number of hydrogen-bond acceptors (Lipinski definition) is 3. The maximum atomic E-state index is 13.1. The molecule has 1 aromatic rings. The van der Waals surface area contributed by atoms with Crippen LogP contribution in [0.3, 0.4) is 0 Å². The minimum absolute atomic E-state index is 0.0217. The smallest absolute Gasteiger partial charge is 0.308 e. The number of amides is 1. The van der Waals surface area contributed by atoms with Crippen molar-refractivity contribution in [2.24, 2.45) is 5.92 Å². The van der Waals surface area contributed by atoms with Gasteiger partial charge < -0.3 is 14.7 Å². The first-order valence-corrected chi connectivity index (χ1v) is 8.78. The van der Waals surface area contributed by atoms with Crippen LogP contribution >= 0.6 is 0 Å². The lowest BCUT2D eigenvalue weighted by atomic mass is 9.89. The van der Waals surface area contributed by atoms with Gasteiger partial charge in [0.2, 0.25) is 0 Å². The number of carboxylic acids is 1. The Bertz CT molecular complexity index is 595. The predicted molar refractivity (Wildman–Crippen MR) is 89.7 cm³/mol. The molecule has 5 heteroatoms. The third-order valence-electron chi connectivity index (χ3n) is 5.37. The second-order valence-corrected chi connectivity index (χ2v) is 6.81. The fourth-order valence-corrected chi connectivity index (χ4v) is 4.19. The van der Waals surface area contributed by atoms with Gasteiger partial charge in [0, 0.05) is 25.6 Å². The van der Waals surface area contributed by atoms with Crippen molar-refractivity contribution in [3.63, 3.8) is 0 Å². The molecule has 0 bridgehead atoms. The molecule has 3 rings (SSSR count). The Morgan fingerprint density at radius 2 is 1.88 bits per heavy atom. The number of hydrogen-bond donors (Lipinski definition) is 1. The fraction of sp³-hybridized carbons (Fsp3) is 0.579. The zero-order valence-corrected chi connectivity index (χ0v) is 14.1. The Hall–Kier alpha value is -1.88. The quantitative estimate of drug-likeness (QED) is 0.901. The minimum Gasteiger partial charge on any atom is -0.481 e. The van der Waals surface area contributed by atoms with Gasteiger partial charge in [0.05, 0.1) is 5.92 Å². The Morgan fingerprint density at radius 3 is 2.46 bits per heavy atom. The van der Waals surface area contributed by atoms with E-state index in [1.165, 1.54) is 0 Å². The molecule has 1 N–H and O–H groups in total. The van der Waals surface area contributed by atoms with Gasteiger partial charge in [0.1, 0.15) is 5.60 Å².